The first-order valence-electron chi connectivity index (χ1n) is 7.86. The molecule has 0 fully saturated rings. The largest absolute Gasteiger partial charge is 0.465 e. The Morgan fingerprint density at radius 1 is 1.43 bits per heavy atom. The number of hydrogen-bond acceptors (Lipinski definition) is 4. The molecule has 0 aliphatic carbocycles. The van der Waals surface area contributed by atoms with Gasteiger partial charge >= 0.3 is 5.97 Å². The van der Waals surface area contributed by atoms with Crippen molar-refractivity contribution < 1.29 is 9.53 Å². The summed E-state index contributed by atoms with van der Waals surface area (Å²) in [7, 11) is 0. The second-order valence-electron chi connectivity index (χ2n) is 5.73. The van der Waals surface area contributed by atoms with E-state index < -0.39 is 5.54 Å². The van der Waals surface area contributed by atoms with Crippen molar-refractivity contribution in [2.75, 3.05) is 13.2 Å². The molecule has 1 heterocycles. The van der Waals surface area contributed by atoms with Gasteiger partial charge in [0.05, 0.1) is 12.3 Å². The maximum absolute atomic E-state index is 12.2. The molecule has 0 aliphatic heterocycles. The Balaban J connectivity index is 2.60. The van der Waals surface area contributed by atoms with Crippen LogP contribution in [0.3, 0.4) is 0 Å². The molecule has 1 rings (SSSR count). The number of rotatable bonds is 9. The molecule has 5 nitrogen and oxygen atoms in total. The van der Waals surface area contributed by atoms with E-state index in [2.05, 4.69) is 30.3 Å². The summed E-state index contributed by atoms with van der Waals surface area (Å²) in [5.74, 6) is -0.160. The van der Waals surface area contributed by atoms with Gasteiger partial charge in [-0.15, -0.1) is 0 Å². The van der Waals surface area contributed by atoms with E-state index in [0.717, 1.165) is 43.7 Å². The van der Waals surface area contributed by atoms with Crippen LogP contribution < -0.4 is 5.32 Å². The van der Waals surface area contributed by atoms with Crippen LogP contribution in [0.5, 0.6) is 0 Å². The first-order chi connectivity index (χ1) is 9.92. The van der Waals surface area contributed by atoms with E-state index in [1.807, 2.05) is 25.5 Å². The van der Waals surface area contributed by atoms with Gasteiger partial charge in [-0.1, -0.05) is 6.92 Å². The summed E-state index contributed by atoms with van der Waals surface area (Å²) in [6.07, 6.45) is 2.62. The quantitative estimate of drug-likeness (QED) is 0.712. The first kappa shape index (κ1) is 17.7. The van der Waals surface area contributed by atoms with Gasteiger partial charge in [-0.05, 0) is 59.6 Å². The van der Waals surface area contributed by atoms with E-state index >= 15 is 0 Å². The van der Waals surface area contributed by atoms with Crippen LogP contribution in [0.15, 0.2) is 6.07 Å². The minimum atomic E-state index is -0.609. The molecule has 0 aromatic carbocycles. The Bertz CT molecular complexity index is 456. The van der Waals surface area contributed by atoms with Crippen LogP contribution in [0.2, 0.25) is 0 Å². The van der Waals surface area contributed by atoms with Gasteiger partial charge in [0.2, 0.25) is 0 Å². The predicted molar refractivity (Wildman–Crippen MR) is 84.3 cm³/mol. The number of nitrogens with one attached hydrogen (secondary N) is 1. The SMILES string of the molecule is CCCNC(C)(CCCn1nc(C)cc1C)C(=O)OCC. The van der Waals surface area contributed by atoms with Crippen LogP contribution in [-0.2, 0) is 16.1 Å². The van der Waals surface area contributed by atoms with Crippen LogP contribution in [0.25, 0.3) is 0 Å². The predicted octanol–water partition coefficient (Wildman–Crippen LogP) is 2.60. The van der Waals surface area contributed by atoms with Crippen molar-refractivity contribution >= 4 is 5.97 Å². The Hall–Kier alpha value is -1.36. The minimum absolute atomic E-state index is 0.160. The highest BCUT2D eigenvalue weighted by atomic mass is 16.5. The van der Waals surface area contributed by atoms with E-state index in [9.17, 15) is 4.79 Å². The summed E-state index contributed by atoms with van der Waals surface area (Å²) in [6.45, 7) is 12.0. The molecule has 21 heavy (non-hydrogen) atoms. The molecule has 1 atom stereocenters. The minimum Gasteiger partial charge on any atom is -0.465 e. The number of ether oxygens (including phenoxy) is 1. The van der Waals surface area contributed by atoms with Crippen LogP contribution in [0.4, 0.5) is 0 Å². The van der Waals surface area contributed by atoms with E-state index in [0.29, 0.717) is 6.61 Å². The zero-order chi connectivity index (χ0) is 15.9. The van der Waals surface area contributed by atoms with E-state index in [1.54, 1.807) is 0 Å². The number of hydrogen-bond donors (Lipinski definition) is 1. The molecule has 1 N–H and O–H groups in total. The zero-order valence-electron chi connectivity index (χ0n) is 14.0. The van der Waals surface area contributed by atoms with Crippen molar-refractivity contribution in [3.63, 3.8) is 0 Å². The van der Waals surface area contributed by atoms with Crippen molar-refractivity contribution in [1.29, 1.82) is 0 Å². The summed E-state index contributed by atoms with van der Waals surface area (Å²) in [6, 6.07) is 2.07. The van der Waals surface area contributed by atoms with Gasteiger partial charge in [0, 0.05) is 12.2 Å². The average molecular weight is 295 g/mol. The third-order valence-corrected chi connectivity index (χ3v) is 3.64. The number of esters is 1. The van der Waals surface area contributed by atoms with Gasteiger partial charge in [0.1, 0.15) is 5.54 Å². The number of carbonyl (C=O) groups excluding carboxylic acids is 1. The fourth-order valence-electron chi connectivity index (χ4n) is 2.44. The molecule has 1 unspecified atom stereocenters. The lowest BCUT2D eigenvalue weighted by molar-refractivity contribution is -0.150. The smallest absolute Gasteiger partial charge is 0.326 e. The molecular formula is C16H29N3O2. The molecule has 0 radical (unpaired) electrons. The summed E-state index contributed by atoms with van der Waals surface area (Å²) in [5, 5.41) is 7.79. The van der Waals surface area contributed by atoms with Crippen molar-refractivity contribution in [2.45, 2.75) is 66.0 Å². The van der Waals surface area contributed by atoms with E-state index in [-0.39, 0.29) is 5.97 Å². The maximum atomic E-state index is 12.2. The third-order valence-electron chi connectivity index (χ3n) is 3.64. The molecule has 0 saturated carbocycles. The Morgan fingerprint density at radius 3 is 2.67 bits per heavy atom. The van der Waals surface area contributed by atoms with Gasteiger partial charge in [0.25, 0.3) is 0 Å². The number of nitrogens with zero attached hydrogens (tertiary/aromatic N) is 2. The van der Waals surface area contributed by atoms with E-state index in [4.69, 9.17) is 4.74 Å². The monoisotopic (exact) mass is 295 g/mol. The van der Waals surface area contributed by atoms with Gasteiger partial charge in [0.15, 0.2) is 0 Å². The number of aryl methyl sites for hydroxylation is 3. The van der Waals surface area contributed by atoms with Crippen LogP contribution in [0, 0.1) is 13.8 Å². The second kappa shape index (κ2) is 8.17. The molecule has 0 amide bonds. The lowest BCUT2D eigenvalue weighted by atomic mass is 9.95. The van der Waals surface area contributed by atoms with Crippen molar-refractivity contribution in [3.8, 4) is 0 Å². The summed E-state index contributed by atoms with van der Waals surface area (Å²) in [5.41, 5.74) is 1.58. The summed E-state index contributed by atoms with van der Waals surface area (Å²) >= 11 is 0. The third kappa shape index (κ3) is 5.16. The Morgan fingerprint density at radius 2 is 2.14 bits per heavy atom. The molecular weight excluding hydrogens is 266 g/mol. The van der Waals surface area contributed by atoms with Gasteiger partial charge in [-0.25, -0.2) is 0 Å². The maximum Gasteiger partial charge on any atom is 0.326 e. The highest BCUT2D eigenvalue weighted by Gasteiger charge is 2.33. The van der Waals surface area contributed by atoms with Gasteiger partial charge < -0.3 is 10.1 Å². The second-order valence-corrected chi connectivity index (χ2v) is 5.73. The molecule has 1 aromatic rings. The molecule has 5 heteroatoms. The summed E-state index contributed by atoms with van der Waals surface area (Å²) in [4.78, 5) is 12.2. The molecule has 0 bridgehead atoms. The van der Waals surface area contributed by atoms with Crippen LogP contribution in [0.1, 0.15) is 51.4 Å². The average Bonchev–Trinajstić information content (AvgIpc) is 2.75. The topological polar surface area (TPSA) is 56.2 Å². The van der Waals surface area contributed by atoms with Gasteiger partial charge in [-0.2, -0.15) is 5.10 Å². The molecule has 120 valence electrons. The number of aromatic nitrogens is 2. The number of carbonyl (C=O) groups is 1. The highest BCUT2D eigenvalue weighted by molar-refractivity contribution is 5.80. The fraction of sp³-hybridized carbons (Fsp3) is 0.750. The summed E-state index contributed by atoms with van der Waals surface area (Å²) < 4.78 is 7.21. The van der Waals surface area contributed by atoms with Crippen molar-refractivity contribution in [2.24, 2.45) is 0 Å². The molecule has 0 spiro atoms. The first-order valence-corrected chi connectivity index (χ1v) is 7.86. The van der Waals surface area contributed by atoms with Crippen LogP contribution >= 0.6 is 0 Å². The van der Waals surface area contributed by atoms with E-state index in [1.165, 1.54) is 0 Å². The Kier molecular flexibility index (Phi) is 6.89. The fourth-order valence-corrected chi connectivity index (χ4v) is 2.44. The Labute approximate surface area is 128 Å². The standard InChI is InChI=1S/C16H29N3O2/c1-6-10-17-16(5,15(20)21-7-2)9-8-11-19-14(4)12-13(3)18-19/h12,17H,6-11H2,1-5H3. The van der Waals surface area contributed by atoms with Crippen LogP contribution in [-0.4, -0.2) is 34.4 Å². The van der Waals surface area contributed by atoms with Gasteiger partial charge in [-0.3, -0.25) is 9.48 Å². The van der Waals surface area contributed by atoms with Crippen molar-refractivity contribution in [3.05, 3.63) is 17.5 Å². The molecule has 0 saturated heterocycles. The normalized spacial score (nSPS) is 14.0. The zero-order valence-corrected chi connectivity index (χ0v) is 14.0. The molecule has 0 aliphatic rings. The molecule has 1 aromatic heterocycles. The van der Waals surface area contributed by atoms with Crippen molar-refractivity contribution in [1.82, 2.24) is 15.1 Å². The lowest BCUT2D eigenvalue weighted by Gasteiger charge is -2.28. The highest BCUT2D eigenvalue weighted by Crippen LogP contribution is 2.16. The lowest BCUT2D eigenvalue weighted by Crippen LogP contribution is -2.50.